The molecule has 0 radical (unpaired) electrons. The van der Waals surface area contributed by atoms with Gasteiger partial charge in [-0.2, -0.15) is 0 Å². The van der Waals surface area contributed by atoms with Crippen LogP contribution in [-0.2, 0) is 14.8 Å². The molecule has 29 heavy (non-hydrogen) atoms. The van der Waals surface area contributed by atoms with Crippen molar-refractivity contribution in [1.29, 1.82) is 0 Å². The number of halogens is 1. The topological polar surface area (TPSA) is 61.2 Å². The molecule has 1 saturated heterocycles. The van der Waals surface area contributed by atoms with Gasteiger partial charge in [0.05, 0.1) is 28.1 Å². The second-order valence-corrected chi connectivity index (χ2v) is 10.1. The first-order valence-corrected chi connectivity index (χ1v) is 10.4. The van der Waals surface area contributed by atoms with E-state index in [4.69, 9.17) is 9.31 Å². The molecule has 2 aliphatic heterocycles. The Morgan fingerprint density at radius 3 is 2.31 bits per heavy atom. The van der Waals surface area contributed by atoms with Crippen molar-refractivity contribution in [2.24, 2.45) is 0 Å². The molecule has 1 aromatic heterocycles. The predicted octanol–water partition coefficient (Wildman–Crippen LogP) is 3.55. The standard InChI is InChI=1S/C21H28BFN4O2/c1-11-13(22-28-20(4,5)21(6,7)29-22)10-14(23)15-16(11)27-17(12-8-9-12)25-26-18(27)19(2,3)24-15/h10,12,24H,8-9H2,1-7H3. The van der Waals surface area contributed by atoms with Crippen molar-refractivity contribution in [2.45, 2.75) is 84.0 Å². The maximum atomic E-state index is 15.4. The van der Waals surface area contributed by atoms with E-state index in [0.29, 0.717) is 17.1 Å². The summed E-state index contributed by atoms with van der Waals surface area (Å²) in [6.07, 6.45) is 2.19. The number of nitrogens with zero attached hydrogens (tertiary/aromatic N) is 3. The lowest BCUT2D eigenvalue weighted by Crippen LogP contribution is -2.41. The van der Waals surface area contributed by atoms with E-state index in [0.717, 1.165) is 35.7 Å². The average Bonchev–Trinajstić information content (AvgIpc) is 3.29. The largest absolute Gasteiger partial charge is 0.495 e. The number of rotatable bonds is 2. The molecular formula is C21H28BFN4O2. The number of benzene rings is 1. The minimum absolute atomic E-state index is 0.315. The van der Waals surface area contributed by atoms with Crippen LogP contribution in [0.5, 0.6) is 0 Å². The van der Waals surface area contributed by atoms with Crippen LogP contribution in [-0.4, -0.2) is 33.1 Å². The van der Waals surface area contributed by atoms with E-state index in [1.54, 1.807) is 6.07 Å². The molecule has 5 rings (SSSR count). The summed E-state index contributed by atoms with van der Waals surface area (Å²) in [5, 5.41) is 12.3. The van der Waals surface area contributed by atoms with Crippen LogP contribution in [0.1, 0.15) is 77.5 Å². The van der Waals surface area contributed by atoms with Gasteiger partial charge in [-0.05, 0) is 78.4 Å². The Balaban J connectivity index is 1.71. The van der Waals surface area contributed by atoms with E-state index in [1.165, 1.54) is 0 Å². The first kappa shape index (κ1) is 19.1. The van der Waals surface area contributed by atoms with E-state index in [1.807, 2.05) is 48.5 Å². The van der Waals surface area contributed by atoms with Crippen molar-refractivity contribution >= 4 is 18.3 Å². The summed E-state index contributed by atoms with van der Waals surface area (Å²) >= 11 is 0. The summed E-state index contributed by atoms with van der Waals surface area (Å²) in [5.41, 5.74) is 1.40. The molecule has 2 fully saturated rings. The van der Waals surface area contributed by atoms with Gasteiger partial charge in [0, 0.05) is 5.92 Å². The van der Waals surface area contributed by atoms with Gasteiger partial charge in [-0.1, -0.05) is 0 Å². The van der Waals surface area contributed by atoms with Gasteiger partial charge in [0.1, 0.15) is 11.6 Å². The van der Waals surface area contributed by atoms with Crippen molar-refractivity contribution < 1.29 is 13.7 Å². The third-order valence-electron chi connectivity index (χ3n) is 6.90. The van der Waals surface area contributed by atoms with Crippen molar-refractivity contribution in [3.05, 3.63) is 29.1 Å². The number of nitrogens with one attached hydrogen (secondary N) is 1. The van der Waals surface area contributed by atoms with Gasteiger partial charge in [-0.25, -0.2) is 4.39 Å². The fourth-order valence-electron chi connectivity index (χ4n) is 4.26. The Morgan fingerprint density at radius 1 is 1.10 bits per heavy atom. The molecule has 8 heteroatoms. The number of hydrogen-bond acceptors (Lipinski definition) is 5. The fourth-order valence-corrected chi connectivity index (χ4v) is 4.26. The quantitative estimate of drug-likeness (QED) is 0.784. The van der Waals surface area contributed by atoms with Gasteiger partial charge in [-0.15, -0.1) is 10.2 Å². The molecule has 3 heterocycles. The smallest absolute Gasteiger partial charge is 0.399 e. The van der Waals surface area contributed by atoms with Gasteiger partial charge in [0.15, 0.2) is 5.82 Å². The normalized spacial score (nSPS) is 23.5. The monoisotopic (exact) mass is 398 g/mol. The van der Waals surface area contributed by atoms with Crippen LogP contribution in [0, 0.1) is 12.7 Å². The van der Waals surface area contributed by atoms with Crippen LogP contribution in [0.15, 0.2) is 6.07 Å². The van der Waals surface area contributed by atoms with Crippen LogP contribution < -0.4 is 10.8 Å². The molecule has 154 valence electrons. The zero-order valence-electron chi connectivity index (χ0n) is 18.2. The van der Waals surface area contributed by atoms with Crippen molar-refractivity contribution in [2.75, 3.05) is 5.32 Å². The second kappa shape index (κ2) is 5.61. The average molecular weight is 398 g/mol. The van der Waals surface area contributed by atoms with Crippen molar-refractivity contribution in [1.82, 2.24) is 14.8 Å². The Hall–Kier alpha value is -1.93. The number of fused-ring (bicyclic) bond motifs is 3. The van der Waals surface area contributed by atoms with E-state index >= 15 is 4.39 Å². The van der Waals surface area contributed by atoms with Crippen molar-refractivity contribution in [3.63, 3.8) is 0 Å². The molecule has 1 aliphatic carbocycles. The minimum atomic E-state index is -0.626. The lowest BCUT2D eigenvalue weighted by molar-refractivity contribution is 0.00578. The highest BCUT2D eigenvalue weighted by Gasteiger charge is 2.53. The Bertz CT molecular complexity index is 1010. The van der Waals surface area contributed by atoms with Gasteiger partial charge in [0.2, 0.25) is 0 Å². The molecule has 0 bridgehead atoms. The maximum Gasteiger partial charge on any atom is 0.495 e. The van der Waals surface area contributed by atoms with E-state index in [-0.39, 0.29) is 5.82 Å². The van der Waals surface area contributed by atoms with Crippen LogP contribution in [0.3, 0.4) is 0 Å². The summed E-state index contributed by atoms with van der Waals surface area (Å²) in [7, 11) is -0.626. The summed E-state index contributed by atoms with van der Waals surface area (Å²) < 4.78 is 29.9. The minimum Gasteiger partial charge on any atom is -0.399 e. The van der Waals surface area contributed by atoms with Crippen molar-refractivity contribution in [3.8, 4) is 5.69 Å². The molecule has 6 nitrogen and oxygen atoms in total. The van der Waals surface area contributed by atoms with Crippen LogP contribution in [0.2, 0.25) is 0 Å². The molecule has 0 spiro atoms. The third-order valence-corrected chi connectivity index (χ3v) is 6.90. The highest BCUT2D eigenvalue weighted by atomic mass is 19.1. The number of anilines is 1. The lowest BCUT2D eigenvalue weighted by atomic mass is 9.75. The molecule has 0 amide bonds. The Labute approximate surface area is 171 Å². The third kappa shape index (κ3) is 2.61. The molecule has 2 aromatic rings. The molecule has 1 N–H and O–H groups in total. The van der Waals surface area contributed by atoms with Crippen LogP contribution in [0.4, 0.5) is 10.1 Å². The number of hydrogen-bond donors (Lipinski definition) is 1. The zero-order valence-corrected chi connectivity index (χ0v) is 18.2. The summed E-state index contributed by atoms with van der Waals surface area (Å²) in [6, 6.07) is 1.55. The lowest BCUT2D eigenvalue weighted by Gasteiger charge is -2.35. The fraction of sp³-hybridized carbons (Fsp3) is 0.619. The zero-order chi connectivity index (χ0) is 20.9. The highest BCUT2D eigenvalue weighted by Crippen LogP contribution is 2.46. The second-order valence-electron chi connectivity index (χ2n) is 10.1. The van der Waals surface area contributed by atoms with Gasteiger partial charge in [0.25, 0.3) is 0 Å². The summed E-state index contributed by atoms with van der Waals surface area (Å²) in [5.74, 6) is 1.80. The van der Waals surface area contributed by atoms with E-state index in [9.17, 15) is 0 Å². The molecule has 0 unspecified atom stereocenters. The Morgan fingerprint density at radius 2 is 1.72 bits per heavy atom. The maximum absolute atomic E-state index is 15.4. The molecule has 1 saturated carbocycles. The molecule has 0 atom stereocenters. The molecular weight excluding hydrogens is 370 g/mol. The molecule has 1 aromatic carbocycles. The Kier molecular flexibility index (Phi) is 3.69. The van der Waals surface area contributed by atoms with Gasteiger partial charge >= 0.3 is 7.12 Å². The molecule has 3 aliphatic rings. The first-order chi connectivity index (χ1) is 13.4. The van der Waals surface area contributed by atoms with E-state index in [2.05, 4.69) is 20.1 Å². The van der Waals surface area contributed by atoms with Crippen LogP contribution >= 0.6 is 0 Å². The highest BCUT2D eigenvalue weighted by molar-refractivity contribution is 6.62. The first-order valence-electron chi connectivity index (χ1n) is 10.4. The van der Waals surface area contributed by atoms with Gasteiger partial charge < -0.3 is 14.6 Å². The SMILES string of the molecule is Cc1c(B2OC(C)(C)C(C)(C)O2)cc(F)c2c1-n1c(C3CC3)nnc1C(C)(C)N2. The number of aromatic nitrogens is 3. The van der Waals surface area contributed by atoms with E-state index < -0.39 is 23.9 Å². The van der Waals surface area contributed by atoms with Gasteiger partial charge in [-0.3, -0.25) is 4.57 Å². The summed E-state index contributed by atoms with van der Waals surface area (Å²) in [6.45, 7) is 14.0. The summed E-state index contributed by atoms with van der Waals surface area (Å²) in [4.78, 5) is 0. The predicted molar refractivity (Wildman–Crippen MR) is 110 cm³/mol. The van der Waals surface area contributed by atoms with Crippen LogP contribution in [0.25, 0.3) is 5.69 Å².